The second kappa shape index (κ2) is 5.47. The summed E-state index contributed by atoms with van der Waals surface area (Å²) in [4.78, 5) is 11.7. The summed E-state index contributed by atoms with van der Waals surface area (Å²) in [6, 6.07) is 0. The van der Waals surface area contributed by atoms with Crippen LogP contribution in [0, 0.1) is 5.92 Å². The fraction of sp³-hybridized carbons (Fsp3) is 0.909. The number of ether oxygens (including phenoxy) is 1. The maximum absolute atomic E-state index is 11.7. The van der Waals surface area contributed by atoms with E-state index in [1.54, 1.807) is 0 Å². The third-order valence-electron chi connectivity index (χ3n) is 2.88. The monoisotopic (exact) mass is 214 g/mol. The first-order chi connectivity index (χ1) is 7.05. The van der Waals surface area contributed by atoms with E-state index in [1.165, 1.54) is 0 Å². The Kier molecular flexibility index (Phi) is 4.54. The molecule has 1 fully saturated rings. The molecule has 1 aliphatic rings. The molecule has 88 valence electrons. The largest absolute Gasteiger partial charge is 0.463 e. The molecule has 0 saturated carbocycles. The van der Waals surface area contributed by atoms with Crippen molar-refractivity contribution in [3.05, 3.63) is 0 Å². The van der Waals surface area contributed by atoms with Crippen molar-refractivity contribution in [2.75, 3.05) is 26.7 Å². The molecule has 0 aromatic heterocycles. The SMILES string of the molecule is CNC(C)(C)COC(=O)C1CCCNC1. The van der Waals surface area contributed by atoms with Gasteiger partial charge in [0, 0.05) is 12.1 Å². The molecule has 0 aromatic rings. The Balaban J connectivity index is 2.28. The van der Waals surface area contributed by atoms with E-state index >= 15 is 0 Å². The lowest BCUT2D eigenvalue weighted by Crippen LogP contribution is -2.43. The summed E-state index contributed by atoms with van der Waals surface area (Å²) in [6.07, 6.45) is 2.01. The Morgan fingerprint density at radius 2 is 2.33 bits per heavy atom. The number of piperidine rings is 1. The molecule has 0 aliphatic carbocycles. The molecule has 0 radical (unpaired) electrons. The summed E-state index contributed by atoms with van der Waals surface area (Å²) in [6.45, 7) is 6.24. The van der Waals surface area contributed by atoms with Gasteiger partial charge in [-0.15, -0.1) is 0 Å². The molecule has 0 spiro atoms. The third kappa shape index (κ3) is 4.18. The van der Waals surface area contributed by atoms with Gasteiger partial charge in [0.15, 0.2) is 0 Å². The van der Waals surface area contributed by atoms with Gasteiger partial charge in [-0.1, -0.05) is 0 Å². The van der Waals surface area contributed by atoms with Gasteiger partial charge in [0.2, 0.25) is 0 Å². The molecule has 1 heterocycles. The van der Waals surface area contributed by atoms with Gasteiger partial charge in [-0.05, 0) is 40.3 Å². The summed E-state index contributed by atoms with van der Waals surface area (Å²) >= 11 is 0. The van der Waals surface area contributed by atoms with E-state index in [2.05, 4.69) is 10.6 Å². The highest BCUT2D eigenvalue weighted by Crippen LogP contribution is 2.12. The maximum Gasteiger partial charge on any atom is 0.310 e. The van der Waals surface area contributed by atoms with Crippen molar-refractivity contribution in [2.45, 2.75) is 32.2 Å². The Bertz CT molecular complexity index is 211. The Morgan fingerprint density at radius 1 is 1.60 bits per heavy atom. The molecule has 0 amide bonds. The Labute approximate surface area is 91.8 Å². The van der Waals surface area contributed by atoms with Crippen molar-refractivity contribution < 1.29 is 9.53 Å². The van der Waals surface area contributed by atoms with Crippen LogP contribution in [-0.2, 0) is 9.53 Å². The number of hydrogen-bond acceptors (Lipinski definition) is 4. The molecule has 4 heteroatoms. The summed E-state index contributed by atoms with van der Waals surface area (Å²) in [5.41, 5.74) is -0.141. The quantitative estimate of drug-likeness (QED) is 0.670. The van der Waals surface area contributed by atoms with E-state index in [4.69, 9.17) is 4.74 Å². The molecule has 1 aliphatic heterocycles. The van der Waals surface area contributed by atoms with Crippen molar-refractivity contribution in [1.82, 2.24) is 10.6 Å². The summed E-state index contributed by atoms with van der Waals surface area (Å²) in [5.74, 6) is -0.0167. The zero-order chi connectivity index (χ0) is 11.3. The lowest BCUT2D eigenvalue weighted by Gasteiger charge is -2.26. The molecule has 1 saturated heterocycles. The summed E-state index contributed by atoms with van der Waals surface area (Å²) in [7, 11) is 1.87. The normalized spacial score (nSPS) is 22.5. The first-order valence-corrected chi connectivity index (χ1v) is 5.61. The minimum Gasteiger partial charge on any atom is -0.463 e. The van der Waals surface area contributed by atoms with Gasteiger partial charge < -0.3 is 15.4 Å². The number of carbonyl (C=O) groups excluding carboxylic acids is 1. The first kappa shape index (κ1) is 12.5. The van der Waals surface area contributed by atoms with Gasteiger partial charge in [0.05, 0.1) is 5.92 Å². The average Bonchev–Trinajstić information content (AvgIpc) is 2.27. The fourth-order valence-electron chi connectivity index (χ4n) is 1.49. The van der Waals surface area contributed by atoms with Crippen molar-refractivity contribution in [1.29, 1.82) is 0 Å². The highest BCUT2D eigenvalue weighted by atomic mass is 16.5. The Morgan fingerprint density at radius 3 is 2.87 bits per heavy atom. The van der Waals surface area contributed by atoms with Crippen LogP contribution in [0.1, 0.15) is 26.7 Å². The standard InChI is InChI=1S/C11H22N2O2/c1-11(2,12-3)8-15-10(14)9-5-4-6-13-7-9/h9,12-13H,4-8H2,1-3H3. The second-order valence-electron chi connectivity index (χ2n) is 4.78. The zero-order valence-electron chi connectivity index (χ0n) is 9.93. The topological polar surface area (TPSA) is 50.4 Å². The van der Waals surface area contributed by atoms with Gasteiger partial charge in [0.25, 0.3) is 0 Å². The van der Waals surface area contributed by atoms with E-state index in [0.717, 1.165) is 25.9 Å². The smallest absolute Gasteiger partial charge is 0.310 e. The number of nitrogens with one attached hydrogen (secondary N) is 2. The lowest BCUT2D eigenvalue weighted by molar-refractivity contribution is -0.151. The molecule has 2 N–H and O–H groups in total. The Hall–Kier alpha value is -0.610. The minimum absolute atomic E-state index is 0.0476. The van der Waals surface area contributed by atoms with Crippen molar-refractivity contribution >= 4 is 5.97 Å². The van der Waals surface area contributed by atoms with Crippen LogP contribution in [-0.4, -0.2) is 38.3 Å². The predicted octanol–water partition coefficient (Wildman–Crippen LogP) is 0.527. The summed E-state index contributed by atoms with van der Waals surface area (Å²) in [5, 5.41) is 6.32. The molecule has 1 rings (SSSR count). The van der Waals surface area contributed by atoms with Gasteiger partial charge in [0.1, 0.15) is 6.61 Å². The van der Waals surface area contributed by atoms with Gasteiger partial charge in [-0.3, -0.25) is 4.79 Å². The van der Waals surface area contributed by atoms with Crippen LogP contribution in [0.15, 0.2) is 0 Å². The number of likely N-dealkylation sites (N-methyl/N-ethyl adjacent to an activating group) is 1. The number of carbonyl (C=O) groups is 1. The van der Waals surface area contributed by atoms with Crippen molar-refractivity contribution in [3.8, 4) is 0 Å². The van der Waals surface area contributed by atoms with Crippen LogP contribution in [0.25, 0.3) is 0 Å². The zero-order valence-corrected chi connectivity index (χ0v) is 9.93. The van der Waals surface area contributed by atoms with Crippen LogP contribution >= 0.6 is 0 Å². The predicted molar refractivity (Wildman–Crippen MR) is 59.7 cm³/mol. The molecule has 15 heavy (non-hydrogen) atoms. The van der Waals surface area contributed by atoms with Crippen LogP contribution in [0.4, 0.5) is 0 Å². The molecule has 4 nitrogen and oxygen atoms in total. The number of hydrogen-bond donors (Lipinski definition) is 2. The van der Waals surface area contributed by atoms with Crippen LogP contribution in [0.3, 0.4) is 0 Å². The van der Waals surface area contributed by atoms with Crippen LogP contribution < -0.4 is 10.6 Å². The van der Waals surface area contributed by atoms with E-state index < -0.39 is 0 Å². The maximum atomic E-state index is 11.7. The van der Waals surface area contributed by atoms with Gasteiger partial charge in [-0.2, -0.15) is 0 Å². The average molecular weight is 214 g/mol. The third-order valence-corrected chi connectivity index (χ3v) is 2.88. The molecule has 0 aromatic carbocycles. The van der Waals surface area contributed by atoms with E-state index in [0.29, 0.717) is 6.61 Å². The molecular formula is C11H22N2O2. The molecule has 1 unspecified atom stereocenters. The highest BCUT2D eigenvalue weighted by molar-refractivity contribution is 5.72. The van der Waals surface area contributed by atoms with Gasteiger partial charge >= 0.3 is 5.97 Å². The van der Waals surface area contributed by atoms with Crippen LogP contribution in [0.2, 0.25) is 0 Å². The van der Waals surface area contributed by atoms with E-state index in [9.17, 15) is 4.79 Å². The highest BCUT2D eigenvalue weighted by Gasteiger charge is 2.24. The minimum atomic E-state index is -0.141. The number of esters is 1. The van der Waals surface area contributed by atoms with E-state index in [1.807, 2.05) is 20.9 Å². The van der Waals surface area contributed by atoms with E-state index in [-0.39, 0.29) is 17.4 Å². The van der Waals surface area contributed by atoms with Crippen LogP contribution in [0.5, 0.6) is 0 Å². The van der Waals surface area contributed by atoms with Crippen molar-refractivity contribution in [2.24, 2.45) is 5.92 Å². The lowest BCUT2D eigenvalue weighted by atomic mass is 10.00. The van der Waals surface area contributed by atoms with Gasteiger partial charge in [-0.25, -0.2) is 0 Å². The second-order valence-corrected chi connectivity index (χ2v) is 4.78. The number of rotatable bonds is 4. The molecule has 0 bridgehead atoms. The molecule has 1 atom stereocenters. The first-order valence-electron chi connectivity index (χ1n) is 5.61. The molecular weight excluding hydrogens is 192 g/mol. The fourth-order valence-corrected chi connectivity index (χ4v) is 1.49. The van der Waals surface area contributed by atoms with Crippen molar-refractivity contribution in [3.63, 3.8) is 0 Å². The summed E-state index contributed by atoms with van der Waals surface area (Å²) < 4.78 is 5.30.